The molecule has 0 radical (unpaired) electrons. The third-order valence-corrected chi connectivity index (χ3v) is 4.42. The second kappa shape index (κ2) is 4.72. The number of phenols is 1. The first-order chi connectivity index (χ1) is 9.70. The van der Waals surface area contributed by atoms with E-state index in [1.807, 2.05) is 13.0 Å². The fraction of sp³-hybridized carbons (Fsp3) is 0.625. The van der Waals surface area contributed by atoms with Crippen LogP contribution in [0, 0.1) is 6.92 Å². The van der Waals surface area contributed by atoms with Crippen LogP contribution < -0.4 is 0 Å². The molecule has 1 aromatic carbocycles. The van der Waals surface area contributed by atoms with Crippen molar-refractivity contribution in [3.05, 3.63) is 28.3 Å². The average Bonchev–Trinajstić information content (AvgIpc) is 3.22. The Bertz CT molecular complexity index is 528. The maximum absolute atomic E-state index is 10.2. The van der Waals surface area contributed by atoms with Crippen molar-refractivity contribution >= 4 is 0 Å². The molecule has 3 fully saturated rings. The number of hydrogen-bond acceptors (Lipinski definition) is 4. The maximum Gasteiger partial charge on any atom is 0.119 e. The van der Waals surface area contributed by atoms with Crippen LogP contribution in [0.5, 0.6) is 5.75 Å². The minimum Gasteiger partial charge on any atom is -0.508 e. The Morgan fingerprint density at radius 3 is 2.00 bits per heavy atom. The highest BCUT2D eigenvalue weighted by Gasteiger charge is 2.32. The molecule has 108 valence electrons. The first kappa shape index (κ1) is 12.6. The van der Waals surface area contributed by atoms with Gasteiger partial charge in [0.15, 0.2) is 0 Å². The minimum absolute atomic E-state index is 0.333. The fourth-order valence-corrected chi connectivity index (χ4v) is 2.91. The summed E-state index contributed by atoms with van der Waals surface area (Å²) < 4.78 is 16.1. The van der Waals surface area contributed by atoms with E-state index in [0.717, 1.165) is 44.6 Å². The van der Waals surface area contributed by atoms with E-state index in [1.54, 1.807) is 0 Å². The maximum atomic E-state index is 10.2. The Morgan fingerprint density at radius 2 is 1.45 bits per heavy atom. The number of phenolic OH excluding ortho intramolecular Hbond substituents is 1. The van der Waals surface area contributed by atoms with Gasteiger partial charge in [0.2, 0.25) is 0 Å². The Balaban J connectivity index is 1.71. The molecule has 20 heavy (non-hydrogen) atoms. The third kappa shape index (κ3) is 2.68. The normalized spacial score (nSPS) is 30.4. The van der Waals surface area contributed by atoms with E-state index in [4.69, 9.17) is 14.2 Å². The van der Waals surface area contributed by atoms with Crippen LogP contribution in [0.1, 0.15) is 22.3 Å². The van der Waals surface area contributed by atoms with Crippen molar-refractivity contribution in [3.63, 3.8) is 0 Å². The van der Waals surface area contributed by atoms with Crippen LogP contribution in [0.15, 0.2) is 6.07 Å². The van der Waals surface area contributed by atoms with Crippen molar-refractivity contribution in [1.82, 2.24) is 0 Å². The van der Waals surface area contributed by atoms with Crippen LogP contribution in [0.2, 0.25) is 0 Å². The predicted molar refractivity (Wildman–Crippen MR) is 73.2 cm³/mol. The van der Waals surface area contributed by atoms with E-state index < -0.39 is 0 Å². The van der Waals surface area contributed by atoms with E-state index in [2.05, 4.69) is 0 Å². The van der Waals surface area contributed by atoms with E-state index >= 15 is 0 Å². The quantitative estimate of drug-likeness (QED) is 0.800. The zero-order valence-electron chi connectivity index (χ0n) is 11.7. The zero-order chi connectivity index (χ0) is 13.7. The molecule has 1 aromatic rings. The van der Waals surface area contributed by atoms with Crippen molar-refractivity contribution in [2.45, 2.75) is 44.5 Å². The van der Waals surface area contributed by atoms with Gasteiger partial charge in [-0.15, -0.1) is 0 Å². The molecule has 4 nitrogen and oxygen atoms in total. The number of benzene rings is 1. The van der Waals surface area contributed by atoms with Gasteiger partial charge in [0.05, 0.1) is 38.1 Å². The molecule has 0 bridgehead atoms. The molecular weight excluding hydrogens is 256 g/mol. The van der Waals surface area contributed by atoms with Crippen molar-refractivity contribution in [1.29, 1.82) is 0 Å². The SMILES string of the molecule is Cc1c(O)cc(CC2CO2)c(CC2CO2)c1CC1CO1. The largest absolute Gasteiger partial charge is 0.508 e. The van der Waals surface area contributed by atoms with Gasteiger partial charge in [0.25, 0.3) is 0 Å². The fourth-order valence-electron chi connectivity index (χ4n) is 2.91. The molecule has 3 aliphatic heterocycles. The summed E-state index contributed by atoms with van der Waals surface area (Å²) in [4.78, 5) is 0. The van der Waals surface area contributed by atoms with E-state index in [0.29, 0.717) is 24.1 Å². The molecule has 1 N–H and O–H groups in total. The van der Waals surface area contributed by atoms with Gasteiger partial charge in [-0.2, -0.15) is 0 Å². The second-order valence-corrected chi connectivity index (χ2v) is 6.12. The molecule has 0 aliphatic carbocycles. The molecule has 3 heterocycles. The van der Waals surface area contributed by atoms with Gasteiger partial charge in [-0.05, 0) is 35.2 Å². The van der Waals surface area contributed by atoms with Gasteiger partial charge in [0.1, 0.15) is 5.75 Å². The first-order valence-electron chi connectivity index (χ1n) is 7.38. The molecule has 0 aromatic heterocycles. The van der Waals surface area contributed by atoms with Crippen molar-refractivity contribution in [2.24, 2.45) is 0 Å². The van der Waals surface area contributed by atoms with Crippen molar-refractivity contribution in [3.8, 4) is 5.75 Å². The summed E-state index contributed by atoms with van der Waals surface area (Å²) in [7, 11) is 0. The van der Waals surface area contributed by atoms with Crippen LogP contribution in [-0.2, 0) is 33.5 Å². The summed E-state index contributed by atoms with van der Waals surface area (Å²) in [5, 5.41) is 10.2. The molecule has 3 aliphatic rings. The molecule has 4 rings (SSSR count). The lowest BCUT2D eigenvalue weighted by atomic mass is 9.88. The highest BCUT2D eigenvalue weighted by molar-refractivity contribution is 5.50. The Morgan fingerprint density at radius 1 is 0.950 bits per heavy atom. The summed E-state index contributed by atoms with van der Waals surface area (Å²) in [6.07, 6.45) is 3.78. The monoisotopic (exact) mass is 276 g/mol. The second-order valence-electron chi connectivity index (χ2n) is 6.12. The van der Waals surface area contributed by atoms with Gasteiger partial charge in [-0.1, -0.05) is 0 Å². The summed E-state index contributed by atoms with van der Waals surface area (Å²) in [5.41, 5.74) is 4.84. The third-order valence-electron chi connectivity index (χ3n) is 4.42. The molecule has 3 unspecified atom stereocenters. The molecule has 3 atom stereocenters. The van der Waals surface area contributed by atoms with E-state index in [9.17, 15) is 5.11 Å². The topological polar surface area (TPSA) is 57.8 Å². The van der Waals surface area contributed by atoms with E-state index in [1.165, 1.54) is 16.7 Å². The number of aromatic hydroxyl groups is 1. The summed E-state index contributed by atoms with van der Waals surface area (Å²) in [6.45, 7) is 4.55. The van der Waals surface area contributed by atoms with Gasteiger partial charge in [-0.3, -0.25) is 0 Å². The summed E-state index contributed by atoms with van der Waals surface area (Å²) in [5.74, 6) is 0.400. The van der Waals surface area contributed by atoms with Gasteiger partial charge in [-0.25, -0.2) is 0 Å². The summed E-state index contributed by atoms with van der Waals surface area (Å²) >= 11 is 0. The number of ether oxygens (including phenoxy) is 3. The standard InChI is InChI=1S/C16H20O4/c1-9-14(4-12-7-19-12)15(5-13-8-20-13)10(3-16(9)17)2-11-6-18-11/h3,11-13,17H,2,4-8H2,1H3. The lowest BCUT2D eigenvalue weighted by Gasteiger charge is -2.17. The molecular formula is C16H20O4. The van der Waals surface area contributed by atoms with Crippen LogP contribution >= 0.6 is 0 Å². The minimum atomic E-state index is 0.333. The van der Waals surface area contributed by atoms with Gasteiger partial charge in [0, 0.05) is 19.3 Å². The highest BCUT2D eigenvalue weighted by Crippen LogP contribution is 2.35. The lowest BCUT2D eigenvalue weighted by molar-refractivity contribution is 0.396. The number of hydrogen-bond donors (Lipinski definition) is 1. The predicted octanol–water partition coefficient (Wildman–Crippen LogP) is 1.52. The Labute approximate surface area is 118 Å². The van der Waals surface area contributed by atoms with Crippen LogP contribution in [0.3, 0.4) is 0 Å². The smallest absolute Gasteiger partial charge is 0.119 e. The van der Waals surface area contributed by atoms with Crippen LogP contribution in [0.4, 0.5) is 0 Å². The molecule has 0 spiro atoms. The number of epoxide rings is 3. The lowest BCUT2D eigenvalue weighted by Crippen LogP contribution is -2.10. The van der Waals surface area contributed by atoms with Crippen molar-refractivity contribution < 1.29 is 19.3 Å². The summed E-state index contributed by atoms with van der Waals surface area (Å²) in [6, 6.07) is 1.92. The number of rotatable bonds is 6. The Hall–Kier alpha value is -1.10. The Kier molecular flexibility index (Phi) is 2.98. The van der Waals surface area contributed by atoms with Crippen LogP contribution in [0.25, 0.3) is 0 Å². The zero-order valence-corrected chi connectivity index (χ0v) is 11.7. The van der Waals surface area contributed by atoms with Gasteiger partial charge < -0.3 is 19.3 Å². The molecule has 3 saturated heterocycles. The first-order valence-corrected chi connectivity index (χ1v) is 7.38. The molecule has 0 amide bonds. The average molecular weight is 276 g/mol. The molecule has 4 heteroatoms. The van der Waals surface area contributed by atoms with Crippen LogP contribution in [-0.4, -0.2) is 43.2 Å². The highest BCUT2D eigenvalue weighted by atomic mass is 16.6. The van der Waals surface area contributed by atoms with Gasteiger partial charge >= 0.3 is 0 Å². The van der Waals surface area contributed by atoms with Crippen molar-refractivity contribution in [2.75, 3.05) is 19.8 Å². The van der Waals surface area contributed by atoms with E-state index in [-0.39, 0.29) is 0 Å². The molecule has 0 saturated carbocycles.